The summed E-state index contributed by atoms with van der Waals surface area (Å²) in [6, 6.07) is 0.405. The summed E-state index contributed by atoms with van der Waals surface area (Å²) in [4.78, 5) is 14.2. The van der Waals surface area contributed by atoms with Crippen LogP contribution in [0.3, 0.4) is 0 Å². The summed E-state index contributed by atoms with van der Waals surface area (Å²) < 4.78 is 0. The van der Waals surface area contributed by atoms with Crippen LogP contribution in [0.2, 0.25) is 0 Å². The molecule has 1 saturated carbocycles. The summed E-state index contributed by atoms with van der Waals surface area (Å²) in [7, 11) is 1.91. The number of hydrogen-bond acceptors (Lipinski definition) is 2. The molecule has 3 heteroatoms. The predicted octanol–water partition coefficient (Wildman–Crippen LogP) is 2.15. The molecule has 0 bridgehead atoms. The summed E-state index contributed by atoms with van der Waals surface area (Å²) in [5.41, 5.74) is 5.85. The van der Waals surface area contributed by atoms with E-state index in [0.29, 0.717) is 0 Å². The third-order valence-corrected chi connectivity index (χ3v) is 4.06. The minimum Gasteiger partial charge on any atom is -0.341 e. The average Bonchev–Trinajstić information content (AvgIpc) is 2.27. The fourth-order valence-electron chi connectivity index (χ4n) is 2.40. The van der Waals surface area contributed by atoms with E-state index in [4.69, 9.17) is 5.73 Å². The van der Waals surface area contributed by atoms with Gasteiger partial charge in [-0.25, -0.2) is 0 Å². The van der Waals surface area contributed by atoms with Crippen molar-refractivity contribution in [1.29, 1.82) is 0 Å². The average molecular weight is 226 g/mol. The number of likely N-dealkylation sites (N-methyl/N-ethyl adjacent to an activating group) is 1. The lowest BCUT2D eigenvalue weighted by Crippen LogP contribution is -2.53. The molecule has 1 fully saturated rings. The predicted molar refractivity (Wildman–Crippen MR) is 67.1 cm³/mol. The van der Waals surface area contributed by atoms with Gasteiger partial charge in [0.1, 0.15) is 0 Å². The van der Waals surface area contributed by atoms with Crippen LogP contribution in [-0.4, -0.2) is 29.9 Å². The highest BCUT2D eigenvalue weighted by atomic mass is 16.2. The van der Waals surface area contributed by atoms with Crippen LogP contribution >= 0.6 is 0 Å². The molecule has 0 aromatic rings. The molecule has 1 rings (SSSR count). The molecule has 0 aromatic heterocycles. The summed E-state index contributed by atoms with van der Waals surface area (Å²) in [6.45, 7) is 6.09. The van der Waals surface area contributed by atoms with Gasteiger partial charge in [-0.05, 0) is 19.3 Å². The smallest absolute Gasteiger partial charge is 0.228 e. The first kappa shape index (κ1) is 13.5. The zero-order chi connectivity index (χ0) is 12.3. The molecule has 1 aliphatic rings. The minimum absolute atomic E-state index is 0.162. The van der Waals surface area contributed by atoms with E-state index in [1.807, 2.05) is 25.8 Å². The number of nitrogens with two attached hydrogens (primary N) is 1. The van der Waals surface area contributed by atoms with Crippen LogP contribution in [0.15, 0.2) is 0 Å². The Bertz CT molecular complexity index is 250. The number of carbonyl (C=O) groups is 1. The molecule has 1 amide bonds. The molecule has 2 unspecified atom stereocenters. The molecule has 0 spiro atoms. The van der Waals surface area contributed by atoms with Gasteiger partial charge in [-0.1, -0.05) is 33.6 Å². The van der Waals surface area contributed by atoms with Gasteiger partial charge in [0.25, 0.3) is 0 Å². The maximum absolute atomic E-state index is 12.3. The lowest BCUT2D eigenvalue weighted by atomic mass is 9.85. The number of hydrogen-bond donors (Lipinski definition) is 1. The van der Waals surface area contributed by atoms with Crippen molar-refractivity contribution in [3.05, 3.63) is 0 Å². The molecule has 0 heterocycles. The van der Waals surface area contributed by atoms with Crippen molar-refractivity contribution in [2.75, 3.05) is 7.05 Å². The Hall–Kier alpha value is -0.570. The fraction of sp³-hybridized carbons (Fsp3) is 0.923. The second-order valence-corrected chi connectivity index (χ2v) is 5.67. The third kappa shape index (κ3) is 2.76. The summed E-state index contributed by atoms with van der Waals surface area (Å²) >= 11 is 0. The van der Waals surface area contributed by atoms with Gasteiger partial charge in [0.2, 0.25) is 5.91 Å². The highest BCUT2D eigenvalue weighted by molar-refractivity contribution is 5.82. The highest BCUT2D eigenvalue weighted by Gasteiger charge is 2.34. The van der Waals surface area contributed by atoms with E-state index in [0.717, 1.165) is 19.3 Å². The molecule has 0 aliphatic heterocycles. The summed E-state index contributed by atoms with van der Waals surface area (Å²) in [5.74, 6) is 0.234. The SMILES string of the molecule is CCC(C)(C)C(=O)N(C)C1CCCCC1N. The van der Waals surface area contributed by atoms with E-state index in [9.17, 15) is 4.79 Å². The van der Waals surface area contributed by atoms with Crippen LogP contribution in [0.4, 0.5) is 0 Å². The largest absolute Gasteiger partial charge is 0.341 e. The van der Waals surface area contributed by atoms with E-state index in [1.165, 1.54) is 12.8 Å². The van der Waals surface area contributed by atoms with Crippen molar-refractivity contribution in [3.8, 4) is 0 Å². The van der Waals surface area contributed by atoms with Crippen molar-refractivity contribution in [2.45, 2.75) is 65.0 Å². The van der Waals surface area contributed by atoms with E-state index >= 15 is 0 Å². The van der Waals surface area contributed by atoms with Gasteiger partial charge < -0.3 is 10.6 Å². The number of amides is 1. The van der Waals surface area contributed by atoms with E-state index in [2.05, 4.69) is 6.92 Å². The van der Waals surface area contributed by atoms with Crippen LogP contribution in [0, 0.1) is 5.41 Å². The molecule has 2 N–H and O–H groups in total. The zero-order valence-corrected chi connectivity index (χ0v) is 11.1. The van der Waals surface area contributed by atoms with Gasteiger partial charge in [-0.2, -0.15) is 0 Å². The first-order valence-corrected chi connectivity index (χ1v) is 6.43. The Kier molecular flexibility index (Phi) is 4.36. The summed E-state index contributed by atoms with van der Waals surface area (Å²) in [6.07, 6.45) is 5.38. The Morgan fingerprint density at radius 2 is 1.94 bits per heavy atom. The molecular weight excluding hydrogens is 200 g/mol. The van der Waals surface area contributed by atoms with Crippen LogP contribution in [0.5, 0.6) is 0 Å². The Morgan fingerprint density at radius 3 is 2.44 bits per heavy atom. The number of nitrogens with zero attached hydrogens (tertiary/aromatic N) is 1. The number of rotatable bonds is 3. The molecule has 0 radical (unpaired) electrons. The van der Waals surface area contributed by atoms with Gasteiger partial charge in [-0.3, -0.25) is 4.79 Å². The first-order chi connectivity index (χ1) is 7.40. The Morgan fingerprint density at radius 1 is 1.38 bits per heavy atom. The molecule has 3 nitrogen and oxygen atoms in total. The van der Waals surface area contributed by atoms with Gasteiger partial charge in [0.05, 0.1) is 0 Å². The van der Waals surface area contributed by atoms with Crippen molar-refractivity contribution >= 4 is 5.91 Å². The third-order valence-electron chi connectivity index (χ3n) is 4.06. The van der Waals surface area contributed by atoms with Gasteiger partial charge >= 0.3 is 0 Å². The Balaban J connectivity index is 2.69. The van der Waals surface area contributed by atoms with Crippen LogP contribution < -0.4 is 5.73 Å². The van der Waals surface area contributed by atoms with Crippen LogP contribution in [0.1, 0.15) is 52.9 Å². The van der Waals surface area contributed by atoms with Crippen LogP contribution in [-0.2, 0) is 4.79 Å². The lowest BCUT2D eigenvalue weighted by molar-refractivity contribution is -0.142. The van der Waals surface area contributed by atoms with E-state index < -0.39 is 0 Å². The monoisotopic (exact) mass is 226 g/mol. The molecule has 0 saturated heterocycles. The standard InChI is InChI=1S/C13H26N2O/c1-5-13(2,3)12(16)15(4)11-9-7-6-8-10(11)14/h10-11H,5-9,14H2,1-4H3. The van der Waals surface area contributed by atoms with Crippen molar-refractivity contribution in [1.82, 2.24) is 4.90 Å². The summed E-state index contributed by atoms with van der Waals surface area (Å²) in [5, 5.41) is 0. The number of carbonyl (C=O) groups excluding carboxylic acids is 1. The maximum Gasteiger partial charge on any atom is 0.228 e. The quantitative estimate of drug-likeness (QED) is 0.801. The molecule has 94 valence electrons. The second kappa shape index (κ2) is 5.17. The minimum atomic E-state index is -0.258. The molecular formula is C13H26N2O. The van der Waals surface area contributed by atoms with Gasteiger partial charge in [-0.15, -0.1) is 0 Å². The highest BCUT2D eigenvalue weighted by Crippen LogP contribution is 2.27. The van der Waals surface area contributed by atoms with E-state index in [-0.39, 0.29) is 23.4 Å². The lowest BCUT2D eigenvalue weighted by Gasteiger charge is -2.39. The van der Waals surface area contributed by atoms with Crippen LogP contribution in [0.25, 0.3) is 0 Å². The topological polar surface area (TPSA) is 46.3 Å². The zero-order valence-electron chi connectivity index (χ0n) is 11.1. The first-order valence-electron chi connectivity index (χ1n) is 6.43. The van der Waals surface area contributed by atoms with Crippen molar-refractivity contribution < 1.29 is 4.79 Å². The van der Waals surface area contributed by atoms with Gasteiger partial charge in [0, 0.05) is 24.5 Å². The fourth-order valence-corrected chi connectivity index (χ4v) is 2.40. The van der Waals surface area contributed by atoms with Crippen molar-refractivity contribution in [2.24, 2.45) is 11.1 Å². The molecule has 2 atom stereocenters. The molecule has 0 aromatic carbocycles. The molecule has 16 heavy (non-hydrogen) atoms. The maximum atomic E-state index is 12.3. The normalized spacial score (nSPS) is 26.6. The van der Waals surface area contributed by atoms with E-state index in [1.54, 1.807) is 0 Å². The second-order valence-electron chi connectivity index (χ2n) is 5.67. The van der Waals surface area contributed by atoms with Crippen molar-refractivity contribution in [3.63, 3.8) is 0 Å². The Labute approximate surface area is 99.4 Å². The van der Waals surface area contributed by atoms with Gasteiger partial charge in [0.15, 0.2) is 0 Å². The molecule has 1 aliphatic carbocycles.